The Hall–Kier alpha value is -2.55. The lowest BCUT2D eigenvalue weighted by Crippen LogP contribution is -2.02. The fraction of sp³-hybridized carbons (Fsp3) is 0.318. The van der Waals surface area contributed by atoms with E-state index >= 15 is 0 Å². The molecule has 0 saturated heterocycles. The van der Waals surface area contributed by atoms with Gasteiger partial charge >= 0.3 is 0 Å². The second kappa shape index (κ2) is 7.56. The molecule has 3 heteroatoms. The van der Waals surface area contributed by atoms with Crippen molar-refractivity contribution in [1.82, 2.24) is 9.97 Å². The zero-order valence-corrected chi connectivity index (χ0v) is 15.2. The third-order valence-corrected chi connectivity index (χ3v) is 4.72. The molecule has 1 heterocycles. The van der Waals surface area contributed by atoms with E-state index in [-0.39, 0.29) is 5.78 Å². The van der Waals surface area contributed by atoms with Crippen molar-refractivity contribution in [2.45, 2.75) is 46.5 Å². The topological polar surface area (TPSA) is 42.9 Å². The van der Waals surface area contributed by atoms with Crippen LogP contribution in [-0.2, 0) is 24.1 Å². The first-order chi connectivity index (χ1) is 12.1. The second-order valence-corrected chi connectivity index (χ2v) is 6.54. The molecule has 3 nitrogen and oxygen atoms in total. The fourth-order valence-electron chi connectivity index (χ4n) is 3.22. The average Bonchev–Trinajstić information content (AvgIpc) is 2.61. The van der Waals surface area contributed by atoms with E-state index < -0.39 is 0 Å². The number of hydrogen-bond donors (Lipinski definition) is 0. The van der Waals surface area contributed by atoms with Gasteiger partial charge < -0.3 is 0 Å². The minimum Gasteiger partial charge on any atom is -0.299 e. The minimum absolute atomic E-state index is 0.271. The van der Waals surface area contributed by atoms with E-state index in [0.29, 0.717) is 12.8 Å². The summed E-state index contributed by atoms with van der Waals surface area (Å²) in [4.78, 5) is 20.7. The highest BCUT2D eigenvalue weighted by molar-refractivity contribution is 5.83. The second-order valence-electron chi connectivity index (χ2n) is 6.54. The van der Waals surface area contributed by atoms with Gasteiger partial charge in [-0.05, 0) is 47.7 Å². The highest BCUT2D eigenvalue weighted by Crippen LogP contribution is 2.23. The first kappa shape index (κ1) is 17.3. The van der Waals surface area contributed by atoms with Crippen molar-refractivity contribution in [1.29, 1.82) is 0 Å². The summed E-state index contributed by atoms with van der Waals surface area (Å²) in [5, 5.41) is 1.12. The van der Waals surface area contributed by atoms with Gasteiger partial charge in [-0.15, -0.1) is 0 Å². The zero-order valence-electron chi connectivity index (χ0n) is 15.2. The maximum absolute atomic E-state index is 11.7. The van der Waals surface area contributed by atoms with Gasteiger partial charge in [-0.3, -0.25) is 4.79 Å². The highest BCUT2D eigenvalue weighted by Gasteiger charge is 2.09. The van der Waals surface area contributed by atoms with Crippen molar-refractivity contribution in [3.8, 4) is 0 Å². The molecule has 0 amide bonds. The smallest absolute Gasteiger partial charge is 0.136 e. The fourth-order valence-corrected chi connectivity index (χ4v) is 3.22. The largest absolute Gasteiger partial charge is 0.299 e. The van der Waals surface area contributed by atoms with Gasteiger partial charge in [-0.2, -0.15) is 0 Å². The molecule has 0 N–H and O–H groups in total. The lowest BCUT2D eigenvalue weighted by molar-refractivity contribution is -0.118. The number of fused-ring (bicyclic) bond motifs is 1. The van der Waals surface area contributed by atoms with E-state index in [1.807, 2.05) is 19.1 Å². The van der Waals surface area contributed by atoms with Crippen molar-refractivity contribution in [2.24, 2.45) is 0 Å². The Morgan fingerprint density at radius 1 is 1.04 bits per heavy atom. The molecule has 0 atom stereocenters. The molecule has 0 fully saturated rings. The van der Waals surface area contributed by atoms with Gasteiger partial charge in [0.15, 0.2) is 0 Å². The lowest BCUT2D eigenvalue weighted by atomic mass is 9.98. The highest BCUT2D eigenvalue weighted by atomic mass is 16.1. The van der Waals surface area contributed by atoms with E-state index in [9.17, 15) is 4.79 Å². The molecule has 128 valence electrons. The Balaban J connectivity index is 1.95. The van der Waals surface area contributed by atoms with Crippen LogP contribution in [0.4, 0.5) is 0 Å². The third kappa shape index (κ3) is 3.93. The molecule has 25 heavy (non-hydrogen) atoms. The Kier molecular flexibility index (Phi) is 5.22. The third-order valence-electron chi connectivity index (χ3n) is 4.72. The standard InChI is InChI=1S/C22H24N2O/c1-4-18-13-20-21(9-15(18)3)23-14-24-22(20)12-17-8-6-7-16(10-17)11-19(25)5-2/h6-10,13-14H,4-5,11-12H2,1-3H3. The van der Waals surface area contributed by atoms with Crippen LogP contribution in [0.1, 0.15) is 48.2 Å². The number of hydrogen-bond acceptors (Lipinski definition) is 3. The van der Waals surface area contributed by atoms with Crippen molar-refractivity contribution in [3.05, 3.63) is 70.7 Å². The molecule has 0 spiro atoms. The van der Waals surface area contributed by atoms with Crippen molar-refractivity contribution in [3.63, 3.8) is 0 Å². The van der Waals surface area contributed by atoms with Crippen LogP contribution >= 0.6 is 0 Å². The predicted octanol–water partition coefficient (Wildman–Crippen LogP) is 4.61. The Bertz CT molecular complexity index is 915. The van der Waals surface area contributed by atoms with Crippen molar-refractivity contribution in [2.75, 3.05) is 0 Å². The Morgan fingerprint density at radius 3 is 2.60 bits per heavy atom. The minimum atomic E-state index is 0.271. The maximum atomic E-state index is 11.7. The lowest BCUT2D eigenvalue weighted by Gasteiger charge is -2.10. The average molecular weight is 332 g/mol. The molecular formula is C22H24N2O. The summed E-state index contributed by atoms with van der Waals surface area (Å²) >= 11 is 0. The van der Waals surface area contributed by atoms with E-state index in [0.717, 1.165) is 35.0 Å². The summed E-state index contributed by atoms with van der Waals surface area (Å²) in [6.07, 6.45) is 4.49. The van der Waals surface area contributed by atoms with E-state index in [1.165, 1.54) is 16.7 Å². The van der Waals surface area contributed by atoms with E-state index in [1.54, 1.807) is 6.33 Å². The number of benzene rings is 2. The first-order valence-electron chi connectivity index (χ1n) is 8.93. The first-order valence-corrected chi connectivity index (χ1v) is 8.93. The summed E-state index contributed by atoms with van der Waals surface area (Å²) in [6, 6.07) is 12.6. The van der Waals surface area contributed by atoms with Crippen LogP contribution in [0.15, 0.2) is 42.7 Å². The number of carbonyl (C=O) groups is 1. The molecule has 0 radical (unpaired) electrons. The van der Waals surface area contributed by atoms with Gasteiger partial charge in [-0.1, -0.05) is 38.1 Å². The molecular weight excluding hydrogens is 308 g/mol. The molecule has 0 aliphatic heterocycles. The number of Topliss-reactive ketones (excluding diaryl/α,β-unsaturated/α-hetero) is 1. The monoisotopic (exact) mass is 332 g/mol. The molecule has 2 aromatic carbocycles. The number of aryl methyl sites for hydroxylation is 2. The molecule has 1 aromatic heterocycles. The molecule has 3 rings (SSSR count). The summed E-state index contributed by atoms with van der Waals surface area (Å²) in [5.74, 6) is 0.271. The molecule has 0 aliphatic carbocycles. The van der Waals surface area contributed by atoms with Gasteiger partial charge in [0.1, 0.15) is 12.1 Å². The van der Waals surface area contributed by atoms with Crippen molar-refractivity contribution >= 4 is 16.7 Å². The summed E-state index contributed by atoms with van der Waals surface area (Å²) in [5.41, 5.74) is 6.91. The van der Waals surface area contributed by atoms with Gasteiger partial charge in [0.25, 0.3) is 0 Å². The van der Waals surface area contributed by atoms with Crippen LogP contribution in [0.3, 0.4) is 0 Å². The Labute approximate surface area is 149 Å². The van der Waals surface area contributed by atoms with Gasteiger partial charge in [0.05, 0.1) is 11.2 Å². The molecule has 0 saturated carbocycles. The zero-order chi connectivity index (χ0) is 17.8. The van der Waals surface area contributed by atoms with Crippen LogP contribution in [-0.4, -0.2) is 15.8 Å². The van der Waals surface area contributed by atoms with Crippen LogP contribution in [0.2, 0.25) is 0 Å². The summed E-state index contributed by atoms with van der Waals surface area (Å²) < 4.78 is 0. The van der Waals surface area contributed by atoms with Gasteiger partial charge in [0, 0.05) is 24.6 Å². The SMILES string of the molecule is CCC(=O)Cc1cccc(Cc2ncnc3cc(C)c(CC)cc23)c1. The number of rotatable bonds is 6. The normalized spacial score (nSPS) is 11.0. The molecule has 3 aromatic rings. The summed E-state index contributed by atoms with van der Waals surface area (Å²) in [6.45, 7) is 6.21. The number of nitrogens with zero attached hydrogens (tertiary/aromatic N) is 2. The molecule has 0 aliphatic rings. The number of aromatic nitrogens is 2. The number of carbonyl (C=O) groups excluding carboxylic acids is 1. The maximum Gasteiger partial charge on any atom is 0.136 e. The van der Waals surface area contributed by atoms with E-state index in [4.69, 9.17) is 0 Å². The van der Waals surface area contributed by atoms with Gasteiger partial charge in [-0.25, -0.2) is 9.97 Å². The van der Waals surface area contributed by atoms with Crippen LogP contribution in [0.5, 0.6) is 0 Å². The van der Waals surface area contributed by atoms with E-state index in [2.05, 4.69) is 48.1 Å². The molecule has 0 bridgehead atoms. The van der Waals surface area contributed by atoms with Crippen LogP contribution in [0, 0.1) is 6.92 Å². The summed E-state index contributed by atoms with van der Waals surface area (Å²) in [7, 11) is 0. The molecule has 0 unspecified atom stereocenters. The number of ketones is 1. The van der Waals surface area contributed by atoms with Crippen molar-refractivity contribution < 1.29 is 4.79 Å². The quantitative estimate of drug-likeness (QED) is 0.662. The van der Waals surface area contributed by atoms with Gasteiger partial charge in [0.2, 0.25) is 0 Å². The Morgan fingerprint density at radius 2 is 1.84 bits per heavy atom. The predicted molar refractivity (Wildman–Crippen MR) is 102 cm³/mol. The van der Waals surface area contributed by atoms with Crippen LogP contribution < -0.4 is 0 Å². The van der Waals surface area contributed by atoms with Crippen LogP contribution in [0.25, 0.3) is 10.9 Å².